The van der Waals surface area contributed by atoms with E-state index in [0.717, 1.165) is 25.8 Å². The third kappa shape index (κ3) is 8.53. The topological polar surface area (TPSA) is 146 Å². The molecule has 2 amide bonds. The molecule has 0 unspecified atom stereocenters. The van der Waals surface area contributed by atoms with Gasteiger partial charge in [-0.15, -0.1) is 0 Å². The molecule has 27 heavy (non-hydrogen) atoms. The number of hydrogen-bond donors (Lipinski definition) is 4. The predicted molar refractivity (Wildman–Crippen MR) is 101 cm³/mol. The summed E-state index contributed by atoms with van der Waals surface area (Å²) in [6, 6.07) is -0.534. The Morgan fingerprint density at radius 3 is 2.19 bits per heavy atom. The summed E-state index contributed by atoms with van der Waals surface area (Å²) >= 11 is 0. The molecule has 0 radical (unpaired) electrons. The first-order chi connectivity index (χ1) is 12.9. The third-order valence-electron chi connectivity index (χ3n) is 4.68. The van der Waals surface area contributed by atoms with Crippen LogP contribution in [0.3, 0.4) is 0 Å². The monoisotopic (exact) mass is 380 g/mol. The molecule has 5 N–H and O–H groups in total. The van der Waals surface area contributed by atoms with E-state index in [1.54, 1.807) is 0 Å². The Morgan fingerprint density at radius 1 is 0.963 bits per heavy atom. The lowest BCUT2D eigenvalue weighted by atomic mass is 10.1. The summed E-state index contributed by atoms with van der Waals surface area (Å²) in [5.74, 6) is -0.302. The van der Waals surface area contributed by atoms with Gasteiger partial charge in [-0.1, -0.05) is 0 Å². The molecule has 2 rings (SSSR count). The highest BCUT2D eigenvalue weighted by Gasteiger charge is 2.33. The summed E-state index contributed by atoms with van der Waals surface area (Å²) in [7, 11) is 0. The molecule has 0 saturated heterocycles. The molecule has 2 aliphatic rings. The van der Waals surface area contributed by atoms with Crippen molar-refractivity contribution in [3.8, 4) is 0 Å². The van der Waals surface area contributed by atoms with Crippen molar-refractivity contribution >= 4 is 11.8 Å². The molecule has 0 aromatic carbocycles. The van der Waals surface area contributed by atoms with E-state index in [9.17, 15) is 9.59 Å². The summed E-state index contributed by atoms with van der Waals surface area (Å²) in [6.07, 6.45) is 4.02. The standard InChI is InChI=1S/C17H32N8O2/c1-16(22-23-16)7-11-19-10-6-14(26)21-13(5-3-4-9-18)15(27)20-12-8-17(2)24-25-17/h13,19H,3-12,18H2,1-2H3,(H,20,27)(H,21,26)/t13-/m0/s1. The zero-order valence-electron chi connectivity index (χ0n) is 16.3. The summed E-state index contributed by atoms with van der Waals surface area (Å²) in [5.41, 5.74) is 4.97. The Bertz CT molecular complexity index is 565. The highest BCUT2D eigenvalue weighted by Crippen LogP contribution is 2.30. The molecule has 10 nitrogen and oxygen atoms in total. The Balaban J connectivity index is 1.64. The SMILES string of the molecule is CC1(CCNCCC(=O)N[C@@H](CCCCN)C(=O)NCCC2(C)N=N2)N=N1. The Labute approximate surface area is 160 Å². The molecule has 1 atom stereocenters. The summed E-state index contributed by atoms with van der Waals surface area (Å²) in [6.45, 7) is 6.26. The minimum Gasteiger partial charge on any atom is -0.354 e. The van der Waals surface area contributed by atoms with Gasteiger partial charge < -0.3 is 21.7 Å². The van der Waals surface area contributed by atoms with Crippen LogP contribution in [-0.4, -0.2) is 55.4 Å². The van der Waals surface area contributed by atoms with Crippen LogP contribution in [0.2, 0.25) is 0 Å². The summed E-state index contributed by atoms with van der Waals surface area (Å²) in [5, 5.41) is 24.7. The Morgan fingerprint density at radius 2 is 1.59 bits per heavy atom. The maximum atomic E-state index is 12.4. The van der Waals surface area contributed by atoms with Gasteiger partial charge in [-0.25, -0.2) is 0 Å². The van der Waals surface area contributed by atoms with Gasteiger partial charge in [0.15, 0.2) is 11.3 Å². The molecular formula is C17H32N8O2. The van der Waals surface area contributed by atoms with Crippen molar-refractivity contribution in [2.75, 3.05) is 26.2 Å². The van der Waals surface area contributed by atoms with Gasteiger partial charge in [-0.3, -0.25) is 9.59 Å². The summed E-state index contributed by atoms with van der Waals surface area (Å²) < 4.78 is 0. The molecule has 2 aliphatic heterocycles. The average molecular weight is 380 g/mol. The molecule has 0 aromatic rings. The van der Waals surface area contributed by atoms with Crippen molar-refractivity contribution in [3.63, 3.8) is 0 Å². The molecule has 2 heterocycles. The van der Waals surface area contributed by atoms with Crippen molar-refractivity contribution in [1.29, 1.82) is 0 Å². The van der Waals surface area contributed by atoms with Crippen molar-refractivity contribution < 1.29 is 9.59 Å². The Kier molecular flexibility index (Phi) is 7.78. The second kappa shape index (κ2) is 9.84. The fraction of sp³-hybridized carbons (Fsp3) is 0.882. The van der Waals surface area contributed by atoms with Crippen molar-refractivity contribution in [1.82, 2.24) is 16.0 Å². The first-order valence-corrected chi connectivity index (χ1v) is 9.72. The highest BCUT2D eigenvalue weighted by molar-refractivity contribution is 5.87. The van der Waals surface area contributed by atoms with E-state index >= 15 is 0 Å². The van der Waals surface area contributed by atoms with Crippen LogP contribution in [0.25, 0.3) is 0 Å². The van der Waals surface area contributed by atoms with E-state index in [0.29, 0.717) is 38.9 Å². The van der Waals surface area contributed by atoms with E-state index in [-0.39, 0.29) is 23.1 Å². The minimum absolute atomic E-state index is 0.137. The fourth-order valence-corrected chi connectivity index (χ4v) is 2.60. The average Bonchev–Trinajstić information content (AvgIpc) is 3.53. The van der Waals surface area contributed by atoms with Gasteiger partial charge in [0.1, 0.15) is 6.04 Å². The van der Waals surface area contributed by atoms with Crippen LogP contribution in [0.4, 0.5) is 0 Å². The number of hydrogen-bond acceptors (Lipinski definition) is 8. The number of carbonyl (C=O) groups excluding carboxylic acids is 2. The van der Waals surface area contributed by atoms with Crippen molar-refractivity contribution in [3.05, 3.63) is 0 Å². The van der Waals surface area contributed by atoms with Crippen molar-refractivity contribution in [2.24, 2.45) is 26.2 Å². The number of unbranched alkanes of at least 4 members (excludes halogenated alkanes) is 1. The van der Waals surface area contributed by atoms with Gasteiger partial charge in [0, 0.05) is 32.4 Å². The number of nitrogens with zero attached hydrogens (tertiary/aromatic N) is 4. The van der Waals surface area contributed by atoms with Crippen LogP contribution in [0.15, 0.2) is 20.5 Å². The number of nitrogens with two attached hydrogens (primary N) is 1. The zero-order chi connectivity index (χ0) is 19.8. The molecule has 10 heteroatoms. The van der Waals surface area contributed by atoms with E-state index in [1.165, 1.54) is 0 Å². The molecule has 0 aromatic heterocycles. The van der Waals surface area contributed by atoms with Crippen LogP contribution >= 0.6 is 0 Å². The van der Waals surface area contributed by atoms with Gasteiger partial charge >= 0.3 is 0 Å². The van der Waals surface area contributed by atoms with E-state index < -0.39 is 6.04 Å². The van der Waals surface area contributed by atoms with E-state index in [4.69, 9.17) is 5.73 Å². The van der Waals surface area contributed by atoms with Gasteiger partial charge in [0.2, 0.25) is 11.8 Å². The smallest absolute Gasteiger partial charge is 0.242 e. The molecular weight excluding hydrogens is 348 g/mol. The zero-order valence-corrected chi connectivity index (χ0v) is 16.3. The van der Waals surface area contributed by atoms with Crippen LogP contribution in [0.1, 0.15) is 52.4 Å². The van der Waals surface area contributed by atoms with Gasteiger partial charge in [-0.2, -0.15) is 20.5 Å². The largest absolute Gasteiger partial charge is 0.354 e. The molecule has 0 bridgehead atoms. The predicted octanol–water partition coefficient (Wildman–Crippen LogP) is 0.840. The number of amides is 2. The maximum absolute atomic E-state index is 12.4. The number of nitrogens with one attached hydrogen (secondary N) is 3. The molecule has 0 aliphatic carbocycles. The lowest BCUT2D eigenvalue weighted by Gasteiger charge is -2.19. The second-order valence-corrected chi connectivity index (χ2v) is 7.53. The second-order valence-electron chi connectivity index (χ2n) is 7.53. The van der Waals surface area contributed by atoms with Crippen LogP contribution in [0, 0.1) is 0 Å². The molecule has 0 saturated carbocycles. The Hall–Kier alpha value is -1.94. The normalized spacial score (nSPS) is 18.8. The van der Waals surface area contributed by atoms with Crippen LogP contribution in [-0.2, 0) is 9.59 Å². The van der Waals surface area contributed by atoms with E-state index in [2.05, 4.69) is 36.4 Å². The first kappa shape index (κ1) is 21.4. The highest BCUT2D eigenvalue weighted by atomic mass is 16.2. The number of carbonyl (C=O) groups is 2. The van der Waals surface area contributed by atoms with Gasteiger partial charge in [0.25, 0.3) is 0 Å². The molecule has 0 fully saturated rings. The van der Waals surface area contributed by atoms with Crippen LogP contribution in [0.5, 0.6) is 0 Å². The van der Waals surface area contributed by atoms with Crippen LogP contribution < -0.4 is 21.7 Å². The first-order valence-electron chi connectivity index (χ1n) is 9.72. The molecule has 152 valence electrons. The number of rotatable bonds is 15. The fourth-order valence-electron chi connectivity index (χ4n) is 2.60. The minimum atomic E-state index is -0.534. The lowest BCUT2D eigenvalue weighted by Crippen LogP contribution is -2.47. The lowest BCUT2D eigenvalue weighted by molar-refractivity contribution is -0.129. The van der Waals surface area contributed by atoms with Gasteiger partial charge in [0.05, 0.1) is 0 Å². The third-order valence-corrected chi connectivity index (χ3v) is 4.68. The molecule has 0 spiro atoms. The summed E-state index contributed by atoms with van der Waals surface area (Å²) in [4.78, 5) is 24.6. The maximum Gasteiger partial charge on any atom is 0.242 e. The van der Waals surface area contributed by atoms with Crippen molar-refractivity contribution in [2.45, 2.75) is 69.7 Å². The van der Waals surface area contributed by atoms with E-state index in [1.807, 2.05) is 13.8 Å². The van der Waals surface area contributed by atoms with Gasteiger partial charge in [-0.05, 0) is 46.2 Å². The quantitative estimate of drug-likeness (QED) is 0.312.